The molecule has 1 unspecified atom stereocenters. The molecule has 2 atom stereocenters. The molecule has 2 aliphatic heterocycles. The lowest BCUT2D eigenvalue weighted by Gasteiger charge is -2.41. The van der Waals surface area contributed by atoms with E-state index < -0.39 is 0 Å². The van der Waals surface area contributed by atoms with E-state index in [0.717, 1.165) is 28.4 Å². The Balaban J connectivity index is 1.21. The molecule has 0 saturated carbocycles. The minimum Gasteiger partial charge on any atom is -0.457 e. The molecular formula is C56H65N4O+. The summed E-state index contributed by atoms with van der Waals surface area (Å²) >= 11 is 0. The number of rotatable bonds is 5. The first-order valence-electron chi connectivity index (χ1n) is 22.1. The molecule has 0 spiro atoms. The molecule has 61 heavy (non-hydrogen) atoms. The van der Waals surface area contributed by atoms with Crippen LogP contribution < -0.4 is 13.9 Å². The number of ether oxygens (including phenoxy) is 1. The van der Waals surface area contributed by atoms with Gasteiger partial charge in [0.2, 0.25) is 11.4 Å². The first-order chi connectivity index (χ1) is 28.3. The van der Waals surface area contributed by atoms with Crippen molar-refractivity contribution in [2.45, 2.75) is 131 Å². The molecule has 0 amide bonds. The van der Waals surface area contributed by atoms with E-state index in [2.05, 4.69) is 224 Å². The molecule has 0 radical (unpaired) electrons. The van der Waals surface area contributed by atoms with E-state index >= 15 is 0 Å². The molecule has 2 aromatic heterocycles. The van der Waals surface area contributed by atoms with Gasteiger partial charge < -0.3 is 4.74 Å². The van der Waals surface area contributed by atoms with Crippen LogP contribution in [0.1, 0.15) is 132 Å². The molecule has 2 aliphatic rings. The minimum absolute atomic E-state index is 0.00126. The van der Waals surface area contributed by atoms with Gasteiger partial charge in [0.25, 0.3) is 0 Å². The van der Waals surface area contributed by atoms with Crippen molar-refractivity contribution in [3.05, 3.63) is 150 Å². The summed E-state index contributed by atoms with van der Waals surface area (Å²) in [6, 6.07) is 41.2. The number of hydrogen-bond acceptors (Lipinski definition) is 2. The first kappa shape index (κ1) is 41.1. The van der Waals surface area contributed by atoms with Gasteiger partial charge in [0, 0.05) is 59.4 Å². The number of hydrogen-bond donors (Lipinski definition) is 0. The molecule has 4 heterocycles. The summed E-state index contributed by atoms with van der Waals surface area (Å²) in [6.07, 6.45) is 1.95. The fourth-order valence-electron chi connectivity index (χ4n) is 9.34. The van der Waals surface area contributed by atoms with Crippen LogP contribution in [-0.2, 0) is 27.1 Å². The summed E-state index contributed by atoms with van der Waals surface area (Å²) in [5.74, 6) is 2.54. The van der Waals surface area contributed by atoms with Crippen LogP contribution in [0.3, 0.4) is 0 Å². The van der Waals surface area contributed by atoms with Crippen LogP contribution in [0.25, 0.3) is 27.6 Å². The van der Waals surface area contributed by atoms with E-state index in [4.69, 9.17) is 9.72 Å². The molecule has 314 valence electrons. The average molecular weight is 810 g/mol. The lowest BCUT2D eigenvalue weighted by Crippen LogP contribution is -2.47. The molecule has 0 N–H and O–H groups in total. The predicted molar refractivity (Wildman–Crippen MR) is 259 cm³/mol. The lowest BCUT2D eigenvalue weighted by atomic mass is 9.85. The zero-order valence-electron chi connectivity index (χ0n) is 39.2. The smallest absolute Gasteiger partial charge is 0.225 e. The van der Waals surface area contributed by atoms with Crippen molar-refractivity contribution in [2.75, 3.05) is 0 Å². The number of nitrogens with zero attached hydrogens (tertiary/aromatic N) is 4. The first-order valence-corrected chi connectivity index (χ1v) is 22.1. The average Bonchev–Trinajstić information content (AvgIpc) is 3.67. The standard InChI is InChI=1S/C56H65N4O/c1-52(2,3)36-17-16-18-41(27-36)59-35-60(59,49-24-20-38(31-50(49)59)54(7,8)9)42-28-40(56(13,14)15)29-44(33-42)61-43-21-23-46-45-22-19-37(53(4,5)6)30-47(45)58(48(46)34-43)51-32-39(25-26-57-51)55(10,11)12/h16-35H,1-15H3/q+1/t59-,60?/m0/s1. The van der Waals surface area contributed by atoms with Crippen LogP contribution >= 0.6 is 0 Å². The van der Waals surface area contributed by atoms with Crippen LogP contribution in [0.5, 0.6) is 11.5 Å². The van der Waals surface area contributed by atoms with E-state index in [1.165, 1.54) is 61.3 Å². The van der Waals surface area contributed by atoms with Gasteiger partial charge in [-0.3, -0.25) is 4.57 Å². The number of quaternary nitrogens is 2. The van der Waals surface area contributed by atoms with Gasteiger partial charge >= 0.3 is 0 Å². The Hall–Kier alpha value is -5.23. The SMILES string of the molecule is CC(C)(C)c1cc(Oc2ccc3c4ccc(C(C)(C)C)cc4n(-c4cc(C(C)(C)C)ccn4)c3c2)cc([N+]23[CH-][N@+]2(c2cccc(C(C)(C)C)c2)c2cc(C(C)(C)C)ccc23)c1. The summed E-state index contributed by atoms with van der Waals surface area (Å²) in [5, 5.41) is 2.39. The highest BCUT2D eigenvalue weighted by Gasteiger charge is 2.78. The Bertz CT molecular complexity index is 2900. The van der Waals surface area contributed by atoms with Gasteiger partial charge in [-0.15, -0.1) is 0 Å². The van der Waals surface area contributed by atoms with Gasteiger partial charge in [-0.25, -0.2) is 4.98 Å². The van der Waals surface area contributed by atoms with E-state index in [0.29, 0.717) is 9.18 Å². The maximum Gasteiger partial charge on any atom is 0.225 e. The highest BCUT2D eigenvalue weighted by molar-refractivity contribution is 6.09. The van der Waals surface area contributed by atoms with Gasteiger partial charge in [0.05, 0.1) is 11.0 Å². The molecule has 1 saturated heterocycles. The van der Waals surface area contributed by atoms with Crippen molar-refractivity contribution in [1.82, 2.24) is 18.7 Å². The monoisotopic (exact) mass is 810 g/mol. The van der Waals surface area contributed by atoms with Gasteiger partial charge in [0.15, 0.2) is 18.0 Å². The van der Waals surface area contributed by atoms with Gasteiger partial charge in [-0.2, -0.15) is 9.18 Å². The van der Waals surface area contributed by atoms with E-state index in [9.17, 15) is 0 Å². The third kappa shape index (κ3) is 6.53. The van der Waals surface area contributed by atoms with Crippen molar-refractivity contribution in [2.24, 2.45) is 0 Å². The van der Waals surface area contributed by atoms with E-state index in [1.807, 2.05) is 6.20 Å². The zero-order valence-corrected chi connectivity index (χ0v) is 39.2. The summed E-state index contributed by atoms with van der Waals surface area (Å²) in [4.78, 5) is 5.00. The molecular weight excluding hydrogens is 745 g/mol. The van der Waals surface area contributed by atoms with Crippen LogP contribution in [0, 0.1) is 6.67 Å². The number of benzene rings is 5. The Morgan fingerprint density at radius 2 is 0.984 bits per heavy atom. The Morgan fingerprint density at radius 3 is 1.64 bits per heavy atom. The highest BCUT2D eigenvalue weighted by Crippen LogP contribution is 2.76. The fourth-order valence-corrected chi connectivity index (χ4v) is 9.34. The Kier molecular flexibility index (Phi) is 8.86. The maximum absolute atomic E-state index is 7.08. The quantitative estimate of drug-likeness (QED) is 0.0984. The minimum atomic E-state index is -0.112. The second kappa shape index (κ2) is 13.1. The molecule has 0 aliphatic carbocycles. The normalized spacial score (nSPS) is 19.1. The van der Waals surface area contributed by atoms with E-state index in [-0.39, 0.29) is 27.1 Å². The summed E-state index contributed by atoms with van der Waals surface area (Å²) in [5.41, 5.74) is 13.8. The Labute approximate surface area is 364 Å². The predicted octanol–water partition coefficient (Wildman–Crippen LogP) is 15.8. The van der Waals surface area contributed by atoms with Gasteiger partial charge in [-0.05, 0) is 91.3 Å². The lowest BCUT2D eigenvalue weighted by molar-refractivity contribution is 0.419. The Morgan fingerprint density at radius 1 is 0.443 bits per heavy atom. The number of pyridine rings is 1. The maximum atomic E-state index is 7.08. The fraction of sp³-hybridized carbons (Fsp3) is 0.357. The van der Waals surface area contributed by atoms with Crippen molar-refractivity contribution >= 4 is 44.6 Å². The zero-order chi connectivity index (χ0) is 43.9. The summed E-state index contributed by atoms with van der Waals surface area (Å²) in [6.45, 7) is 36.8. The van der Waals surface area contributed by atoms with Gasteiger partial charge in [0.1, 0.15) is 17.3 Å². The topological polar surface area (TPSA) is 27.1 Å². The summed E-state index contributed by atoms with van der Waals surface area (Å²) < 4.78 is 10.7. The van der Waals surface area contributed by atoms with E-state index in [1.54, 1.807) is 0 Å². The second-order valence-electron chi connectivity index (χ2n) is 23.0. The third-order valence-corrected chi connectivity index (χ3v) is 13.3. The molecule has 5 nitrogen and oxygen atoms in total. The molecule has 9 rings (SSSR count). The molecule has 5 aromatic carbocycles. The van der Waals surface area contributed by atoms with Crippen LogP contribution in [0.15, 0.2) is 115 Å². The van der Waals surface area contributed by atoms with Crippen molar-refractivity contribution in [1.29, 1.82) is 0 Å². The van der Waals surface area contributed by atoms with Crippen molar-refractivity contribution in [3.8, 4) is 17.3 Å². The summed E-state index contributed by atoms with van der Waals surface area (Å²) in [7, 11) is 0. The third-order valence-electron chi connectivity index (χ3n) is 13.3. The molecule has 7 aromatic rings. The van der Waals surface area contributed by atoms with Crippen LogP contribution in [0.2, 0.25) is 0 Å². The highest BCUT2D eigenvalue weighted by atomic mass is 16.5. The van der Waals surface area contributed by atoms with Crippen molar-refractivity contribution in [3.63, 3.8) is 0 Å². The molecule has 1 fully saturated rings. The van der Waals surface area contributed by atoms with Gasteiger partial charge in [-0.1, -0.05) is 134 Å². The van der Waals surface area contributed by atoms with Crippen molar-refractivity contribution < 1.29 is 4.74 Å². The largest absolute Gasteiger partial charge is 0.457 e. The molecule has 5 heteroatoms. The number of aromatic nitrogens is 2. The molecule has 0 bridgehead atoms. The van der Waals surface area contributed by atoms with Crippen LogP contribution in [-0.4, -0.2) is 9.55 Å². The second-order valence-corrected chi connectivity index (χ2v) is 23.0. The number of fused-ring (bicyclic) bond motifs is 7. The van der Waals surface area contributed by atoms with Crippen LogP contribution in [0.4, 0.5) is 22.7 Å².